The summed E-state index contributed by atoms with van der Waals surface area (Å²) in [5, 5.41) is 14.4. The number of nitrogens with one attached hydrogen (secondary N) is 1. The maximum absolute atomic E-state index is 10.0. The van der Waals surface area contributed by atoms with Crippen molar-refractivity contribution in [2.75, 3.05) is 45.9 Å². The first-order chi connectivity index (χ1) is 14.1. The average molecular weight is 396 g/mol. The Hall–Kier alpha value is -3.26. The van der Waals surface area contributed by atoms with Crippen molar-refractivity contribution >= 4 is 16.7 Å². The van der Waals surface area contributed by atoms with Crippen molar-refractivity contribution in [2.24, 2.45) is 0 Å². The minimum Gasteiger partial charge on any atom is -0.508 e. The number of phenolic OH excluding ortho intramolecular Hbond substituents is 1. The van der Waals surface area contributed by atoms with Gasteiger partial charge in [0.05, 0.1) is 32.9 Å². The molecule has 2 N–H and O–H groups in total. The summed E-state index contributed by atoms with van der Waals surface area (Å²) < 4.78 is 16.2. The zero-order valence-electron chi connectivity index (χ0n) is 16.7. The fraction of sp³-hybridized carbons (Fsp3) is 0.333. The number of methoxy groups -OCH3 is 3. The Morgan fingerprint density at radius 3 is 2.55 bits per heavy atom. The minimum absolute atomic E-state index is 0.0231. The molecule has 2 heterocycles. The lowest BCUT2D eigenvalue weighted by atomic mass is 10.0. The van der Waals surface area contributed by atoms with E-state index in [2.05, 4.69) is 20.2 Å². The maximum atomic E-state index is 10.0. The monoisotopic (exact) mass is 396 g/mol. The van der Waals surface area contributed by atoms with Crippen molar-refractivity contribution in [2.45, 2.75) is 6.04 Å². The van der Waals surface area contributed by atoms with Gasteiger partial charge in [-0.1, -0.05) is 0 Å². The van der Waals surface area contributed by atoms with Crippen LogP contribution in [0.1, 0.15) is 11.6 Å². The van der Waals surface area contributed by atoms with Crippen molar-refractivity contribution in [3.63, 3.8) is 0 Å². The first kappa shape index (κ1) is 19.1. The van der Waals surface area contributed by atoms with E-state index in [1.807, 2.05) is 18.2 Å². The Kier molecular flexibility index (Phi) is 5.26. The molecule has 0 bridgehead atoms. The van der Waals surface area contributed by atoms with Gasteiger partial charge in [-0.15, -0.1) is 0 Å². The molecule has 1 atom stereocenters. The predicted molar refractivity (Wildman–Crippen MR) is 110 cm³/mol. The van der Waals surface area contributed by atoms with Crippen molar-refractivity contribution in [3.05, 3.63) is 42.2 Å². The predicted octanol–water partition coefficient (Wildman–Crippen LogP) is 2.51. The maximum Gasteiger partial charge on any atom is 0.162 e. The molecule has 1 aliphatic heterocycles. The van der Waals surface area contributed by atoms with E-state index in [0.29, 0.717) is 23.8 Å². The normalized spacial score (nSPS) is 16.7. The second-order valence-electron chi connectivity index (χ2n) is 6.84. The van der Waals surface area contributed by atoms with E-state index in [4.69, 9.17) is 14.2 Å². The first-order valence-electron chi connectivity index (χ1n) is 9.36. The van der Waals surface area contributed by atoms with Gasteiger partial charge in [0.15, 0.2) is 11.5 Å². The number of fused-ring (bicyclic) bond motifs is 1. The average Bonchev–Trinajstić information content (AvgIpc) is 2.77. The molecule has 1 aliphatic rings. The van der Waals surface area contributed by atoms with Gasteiger partial charge < -0.3 is 29.5 Å². The largest absolute Gasteiger partial charge is 0.508 e. The summed E-state index contributed by atoms with van der Waals surface area (Å²) in [6.45, 7) is 2.27. The van der Waals surface area contributed by atoms with E-state index >= 15 is 0 Å². The first-order valence-corrected chi connectivity index (χ1v) is 9.36. The van der Waals surface area contributed by atoms with Crippen LogP contribution in [0, 0.1) is 0 Å². The fourth-order valence-electron chi connectivity index (χ4n) is 3.71. The molecular formula is C21H24N4O4. The van der Waals surface area contributed by atoms with Crippen LogP contribution in [-0.2, 0) is 0 Å². The Labute approximate surface area is 169 Å². The van der Waals surface area contributed by atoms with E-state index in [9.17, 15) is 5.11 Å². The second kappa shape index (κ2) is 8.00. The zero-order valence-corrected chi connectivity index (χ0v) is 16.7. The molecule has 29 heavy (non-hydrogen) atoms. The molecule has 1 unspecified atom stereocenters. The number of benzene rings is 2. The molecule has 152 valence electrons. The molecule has 3 aromatic rings. The summed E-state index contributed by atoms with van der Waals surface area (Å²) >= 11 is 0. The van der Waals surface area contributed by atoms with Crippen LogP contribution < -0.4 is 24.4 Å². The van der Waals surface area contributed by atoms with Gasteiger partial charge in [0.25, 0.3) is 0 Å². The van der Waals surface area contributed by atoms with Crippen LogP contribution in [0.3, 0.4) is 0 Å². The van der Waals surface area contributed by atoms with Gasteiger partial charge in [0, 0.05) is 37.2 Å². The molecule has 2 aromatic carbocycles. The van der Waals surface area contributed by atoms with Gasteiger partial charge in [-0.2, -0.15) is 0 Å². The number of nitrogens with zero attached hydrogens (tertiary/aromatic N) is 3. The number of hydrogen-bond donors (Lipinski definition) is 2. The van der Waals surface area contributed by atoms with Crippen molar-refractivity contribution in [1.29, 1.82) is 0 Å². The smallest absolute Gasteiger partial charge is 0.162 e. The Morgan fingerprint density at radius 1 is 1.00 bits per heavy atom. The Balaban J connectivity index is 1.70. The van der Waals surface area contributed by atoms with Crippen molar-refractivity contribution < 1.29 is 19.3 Å². The third kappa shape index (κ3) is 3.71. The summed E-state index contributed by atoms with van der Waals surface area (Å²) in [6.07, 6.45) is 1.57. The van der Waals surface area contributed by atoms with Gasteiger partial charge in [-0.05, 0) is 23.8 Å². The van der Waals surface area contributed by atoms with Gasteiger partial charge in [-0.3, -0.25) is 0 Å². The number of phenols is 1. The van der Waals surface area contributed by atoms with Gasteiger partial charge in [0.2, 0.25) is 0 Å². The molecule has 1 saturated heterocycles. The van der Waals surface area contributed by atoms with Crippen LogP contribution in [0.2, 0.25) is 0 Å². The molecular weight excluding hydrogens is 372 g/mol. The van der Waals surface area contributed by atoms with E-state index in [0.717, 1.165) is 35.4 Å². The minimum atomic E-state index is 0.0231. The molecule has 0 saturated carbocycles. The molecule has 1 aromatic heterocycles. The highest BCUT2D eigenvalue weighted by atomic mass is 16.5. The van der Waals surface area contributed by atoms with E-state index < -0.39 is 0 Å². The van der Waals surface area contributed by atoms with Crippen molar-refractivity contribution in [1.82, 2.24) is 15.3 Å². The lowest BCUT2D eigenvalue weighted by molar-refractivity contribution is 0.355. The Morgan fingerprint density at radius 2 is 1.79 bits per heavy atom. The molecule has 0 aliphatic carbocycles. The summed E-state index contributed by atoms with van der Waals surface area (Å²) in [4.78, 5) is 11.2. The van der Waals surface area contributed by atoms with Crippen LogP contribution in [0.25, 0.3) is 10.9 Å². The highest BCUT2D eigenvalue weighted by molar-refractivity contribution is 5.92. The second-order valence-corrected chi connectivity index (χ2v) is 6.84. The van der Waals surface area contributed by atoms with Gasteiger partial charge >= 0.3 is 0 Å². The van der Waals surface area contributed by atoms with Crippen LogP contribution in [-0.4, -0.2) is 56.0 Å². The standard InChI is InChI=1S/C21H24N4O4/c1-27-15-7-13(6-14(26)8-15)18-11-25(5-4-22-18)21-16-9-19(28-2)20(29-3)10-17(16)23-12-24-21/h6-10,12,18,22,26H,4-5,11H2,1-3H3. The number of anilines is 1. The number of hydrogen-bond acceptors (Lipinski definition) is 8. The quantitative estimate of drug-likeness (QED) is 0.680. The van der Waals surface area contributed by atoms with Gasteiger partial charge in [-0.25, -0.2) is 9.97 Å². The molecule has 0 radical (unpaired) electrons. The number of piperazine rings is 1. The molecule has 8 heteroatoms. The third-order valence-electron chi connectivity index (χ3n) is 5.15. The lowest BCUT2D eigenvalue weighted by Crippen LogP contribution is -2.46. The molecule has 0 spiro atoms. The zero-order chi connectivity index (χ0) is 20.4. The number of ether oxygens (including phenoxy) is 3. The Bertz CT molecular complexity index is 1030. The molecule has 4 rings (SSSR count). The summed E-state index contributed by atoms with van der Waals surface area (Å²) in [6, 6.07) is 9.09. The van der Waals surface area contributed by atoms with Crippen LogP contribution in [0.4, 0.5) is 5.82 Å². The van der Waals surface area contributed by atoms with E-state index in [1.165, 1.54) is 0 Å². The SMILES string of the molecule is COc1cc(O)cc(C2CN(c3ncnc4cc(OC)c(OC)cc34)CCN2)c1. The van der Waals surface area contributed by atoms with E-state index in [-0.39, 0.29) is 11.8 Å². The summed E-state index contributed by atoms with van der Waals surface area (Å²) in [7, 11) is 4.81. The topological polar surface area (TPSA) is 89.0 Å². The van der Waals surface area contributed by atoms with Crippen LogP contribution in [0.15, 0.2) is 36.7 Å². The molecule has 8 nitrogen and oxygen atoms in total. The molecule has 0 amide bonds. The number of aromatic nitrogens is 2. The van der Waals surface area contributed by atoms with Crippen LogP contribution in [0.5, 0.6) is 23.0 Å². The summed E-state index contributed by atoms with van der Waals surface area (Å²) in [5.41, 5.74) is 1.76. The van der Waals surface area contributed by atoms with E-state index in [1.54, 1.807) is 39.8 Å². The van der Waals surface area contributed by atoms with Crippen LogP contribution >= 0.6 is 0 Å². The lowest BCUT2D eigenvalue weighted by Gasteiger charge is -2.35. The third-order valence-corrected chi connectivity index (χ3v) is 5.15. The number of aromatic hydroxyl groups is 1. The van der Waals surface area contributed by atoms with Gasteiger partial charge in [0.1, 0.15) is 23.6 Å². The highest BCUT2D eigenvalue weighted by Gasteiger charge is 2.24. The number of rotatable bonds is 5. The summed E-state index contributed by atoms with van der Waals surface area (Å²) in [5.74, 6) is 2.93. The van der Waals surface area contributed by atoms with Crippen molar-refractivity contribution in [3.8, 4) is 23.0 Å². The fourth-order valence-corrected chi connectivity index (χ4v) is 3.71. The molecule has 1 fully saturated rings. The highest BCUT2D eigenvalue weighted by Crippen LogP contribution is 2.36.